The van der Waals surface area contributed by atoms with Crippen molar-refractivity contribution in [3.63, 3.8) is 0 Å². The van der Waals surface area contributed by atoms with Crippen LogP contribution in [0.3, 0.4) is 0 Å². The lowest BCUT2D eigenvalue weighted by Crippen LogP contribution is -2.25. The third-order valence-corrected chi connectivity index (χ3v) is 2.21. The van der Waals surface area contributed by atoms with Crippen LogP contribution in [-0.4, -0.2) is 5.60 Å². The summed E-state index contributed by atoms with van der Waals surface area (Å²) in [6.07, 6.45) is 7.27. The summed E-state index contributed by atoms with van der Waals surface area (Å²) in [5, 5.41) is 0. The van der Waals surface area contributed by atoms with Gasteiger partial charge in [0.1, 0.15) is 11.7 Å². The Labute approximate surface area is 76.5 Å². The molecule has 0 saturated heterocycles. The summed E-state index contributed by atoms with van der Waals surface area (Å²) in [4.78, 5) is 0. The van der Waals surface area contributed by atoms with E-state index in [-0.39, 0.29) is 5.60 Å². The molecule has 0 spiro atoms. The molecule has 0 aliphatic heterocycles. The quantitative estimate of drug-likeness (QED) is 0.572. The Morgan fingerprint density at radius 3 is 2.42 bits per heavy atom. The first kappa shape index (κ1) is 11.4. The van der Waals surface area contributed by atoms with E-state index < -0.39 is 0 Å². The minimum absolute atomic E-state index is 0.0287. The molecule has 1 unspecified atom stereocenters. The van der Waals surface area contributed by atoms with Crippen LogP contribution in [0.25, 0.3) is 0 Å². The molecule has 70 valence electrons. The standard InChI is InChI=1S/C11H20O/c1-5-8-9-11(4,7-3)12-10-6-2/h5,7-9H2,1-4H3. The molecule has 1 atom stereocenters. The van der Waals surface area contributed by atoms with E-state index in [1.54, 1.807) is 6.92 Å². The molecule has 0 fully saturated rings. The van der Waals surface area contributed by atoms with Crippen LogP contribution in [-0.2, 0) is 4.74 Å². The molecule has 0 aromatic rings. The van der Waals surface area contributed by atoms with Gasteiger partial charge in [-0.25, -0.2) is 0 Å². The Morgan fingerprint density at radius 2 is 2.00 bits per heavy atom. The molecule has 1 heteroatoms. The first-order valence-electron chi connectivity index (χ1n) is 4.78. The number of unbranched alkanes of at least 4 members (excludes halogenated alkanes) is 1. The smallest absolute Gasteiger partial charge is 0.118 e. The monoisotopic (exact) mass is 168 g/mol. The molecule has 0 aromatic heterocycles. The topological polar surface area (TPSA) is 9.23 Å². The van der Waals surface area contributed by atoms with Crippen molar-refractivity contribution in [2.45, 2.75) is 59.0 Å². The largest absolute Gasteiger partial charge is 0.440 e. The van der Waals surface area contributed by atoms with E-state index in [4.69, 9.17) is 4.74 Å². The van der Waals surface area contributed by atoms with Gasteiger partial charge in [-0.1, -0.05) is 26.2 Å². The van der Waals surface area contributed by atoms with Crippen LogP contribution in [0.4, 0.5) is 0 Å². The third-order valence-electron chi connectivity index (χ3n) is 2.21. The maximum Gasteiger partial charge on any atom is 0.118 e. The molecule has 0 amide bonds. The maximum absolute atomic E-state index is 5.47. The lowest BCUT2D eigenvalue weighted by atomic mass is 9.96. The second kappa shape index (κ2) is 5.94. The number of hydrogen-bond acceptors (Lipinski definition) is 1. The molecule has 0 heterocycles. The SMILES string of the molecule is CC#COC(C)(CC)CCCC. The van der Waals surface area contributed by atoms with E-state index in [1.165, 1.54) is 12.8 Å². The zero-order valence-electron chi connectivity index (χ0n) is 8.74. The highest BCUT2D eigenvalue weighted by Crippen LogP contribution is 2.21. The first-order valence-corrected chi connectivity index (χ1v) is 4.78. The van der Waals surface area contributed by atoms with E-state index in [0.717, 1.165) is 12.8 Å². The van der Waals surface area contributed by atoms with E-state index in [9.17, 15) is 0 Å². The summed E-state index contributed by atoms with van der Waals surface area (Å²) in [5.41, 5.74) is -0.0287. The van der Waals surface area contributed by atoms with E-state index in [0.29, 0.717) is 0 Å². The lowest BCUT2D eigenvalue weighted by Gasteiger charge is -2.25. The third kappa shape index (κ3) is 4.28. The van der Waals surface area contributed by atoms with Crippen LogP contribution in [0.15, 0.2) is 0 Å². The van der Waals surface area contributed by atoms with Crippen molar-refractivity contribution in [1.82, 2.24) is 0 Å². The Kier molecular flexibility index (Phi) is 5.62. The summed E-state index contributed by atoms with van der Waals surface area (Å²) >= 11 is 0. The maximum atomic E-state index is 5.47. The number of ether oxygens (including phenoxy) is 1. The van der Waals surface area contributed by atoms with Crippen molar-refractivity contribution in [2.75, 3.05) is 0 Å². The molecule has 0 aliphatic rings. The number of rotatable bonds is 5. The highest BCUT2D eigenvalue weighted by Gasteiger charge is 2.21. The second-order valence-corrected chi connectivity index (χ2v) is 3.36. The Morgan fingerprint density at radius 1 is 1.33 bits per heavy atom. The van der Waals surface area contributed by atoms with Crippen molar-refractivity contribution in [3.8, 4) is 12.0 Å². The molecule has 0 saturated carbocycles. The fraction of sp³-hybridized carbons (Fsp3) is 0.818. The van der Waals surface area contributed by atoms with Crippen LogP contribution in [0.5, 0.6) is 0 Å². The lowest BCUT2D eigenvalue weighted by molar-refractivity contribution is 0.0421. The summed E-state index contributed by atoms with van der Waals surface area (Å²) in [6, 6.07) is 0. The van der Waals surface area contributed by atoms with Crippen molar-refractivity contribution < 1.29 is 4.74 Å². The average molecular weight is 168 g/mol. The highest BCUT2D eigenvalue weighted by molar-refractivity contribution is 4.89. The predicted octanol–water partition coefficient (Wildman–Crippen LogP) is 3.34. The molecule has 0 radical (unpaired) electrons. The van der Waals surface area contributed by atoms with Gasteiger partial charge in [0.25, 0.3) is 0 Å². The molecular weight excluding hydrogens is 148 g/mol. The molecule has 0 N–H and O–H groups in total. The van der Waals surface area contributed by atoms with Gasteiger partial charge in [-0.15, -0.1) is 0 Å². The van der Waals surface area contributed by atoms with Gasteiger partial charge in [0.15, 0.2) is 0 Å². The molecular formula is C11H20O. The Hall–Kier alpha value is -0.640. The summed E-state index contributed by atoms with van der Waals surface area (Å²) < 4.78 is 5.47. The summed E-state index contributed by atoms with van der Waals surface area (Å²) in [5.74, 6) is 2.76. The molecule has 0 aromatic carbocycles. The summed E-state index contributed by atoms with van der Waals surface area (Å²) in [6.45, 7) is 8.28. The van der Waals surface area contributed by atoms with E-state index >= 15 is 0 Å². The molecule has 12 heavy (non-hydrogen) atoms. The van der Waals surface area contributed by atoms with Gasteiger partial charge in [0, 0.05) is 6.92 Å². The van der Waals surface area contributed by atoms with Gasteiger partial charge >= 0.3 is 0 Å². The van der Waals surface area contributed by atoms with Crippen LogP contribution in [0.2, 0.25) is 0 Å². The fourth-order valence-corrected chi connectivity index (χ4v) is 1.02. The van der Waals surface area contributed by atoms with Gasteiger partial charge in [0.05, 0.1) is 0 Å². The van der Waals surface area contributed by atoms with Gasteiger partial charge in [-0.3, -0.25) is 0 Å². The first-order chi connectivity index (χ1) is 5.68. The van der Waals surface area contributed by atoms with Crippen molar-refractivity contribution in [2.24, 2.45) is 0 Å². The van der Waals surface area contributed by atoms with Gasteiger partial charge in [0.2, 0.25) is 0 Å². The van der Waals surface area contributed by atoms with E-state index in [2.05, 4.69) is 32.8 Å². The zero-order valence-corrected chi connectivity index (χ0v) is 8.74. The van der Waals surface area contributed by atoms with Crippen LogP contribution in [0.1, 0.15) is 53.4 Å². The van der Waals surface area contributed by atoms with Crippen molar-refractivity contribution >= 4 is 0 Å². The minimum atomic E-state index is -0.0287. The fourth-order valence-electron chi connectivity index (χ4n) is 1.02. The second-order valence-electron chi connectivity index (χ2n) is 3.36. The van der Waals surface area contributed by atoms with Crippen molar-refractivity contribution in [1.29, 1.82) is 0 Å². The van der Waals surface area contributed by atoms with Crippen LogP contribution >= 0.6 is 0 Å². The number of hydrogen-bond donors (Lipinski definition) is 0. The Balaban J connectivity index is 3.92. The van der Waals surface area contributed by atoms with Crippen molar-refractivity contribution in [3.05, 3.63) is 0 Å². The summed E-state index contributed by atoms with van der Waals surface area (Å²) in [7, 11) is 0. The normalized spacial score (nSPS) is 14.3. The predicted molar refractivity (Wildman–Crippen MR) is 52.8 cm³/mol. The van der Waals surface area contributed by atoms with Crippen LogP contribution in [0, 0.1) is 12.0 Å². The molecule has 0 aliphatic carbocycles. The van der Waals surface area contributed by atoms with Gasteiger partial charge < -0.3 is 4.74 Å². The van der Waals surface area contributed by atoms with Gasteiger partial charge in [-0.2, -0.15) is 0 Å². The minimum Gasteiger partial charge on any atom is -0.440 e. The highest BCUT2D eigenvalue weighted by atomic mass is 16.5. The van der Waals surface area contributed by atoms with Gasteiger partial charge in [-0.05, 0) is 26.2 Å². The molecule has 0 rings (SSSR count). The molecule has 1 nitrogen and oxygen atoms in total. The van der Waals surface area contributed by atoms with E-state index in [1.807, 2.05) is 0 Å². The Bertz CT molecular complexity index is 164. The zero-order chi connectivity index (χ0) is 9.45. The molecule has 0 bridgehead atoms. The van der Waals surface area contributed by atoms with Crippen LogP contribution < -0.4 is 0 Å². The average Bonchev–Trinajstić information content (AvgIpc) is 2.11.